The molecule has 0 N–H and O–H groups in total. The normalized spacial score (nSPS) is 18.9. The molecule has 8 nitrogen and oxygen atoms in total. The van der Waals surface area contributed by atoms with Gasteiger partial charge in [-0.2, -0.15) is 0 Å². The van der Waals surface area contributed by atoms with E-state index in [1.165, 1.54) is 0 Å². The van der Waals surface area contributed by atoms with Gasteiger partial charge < -0.3 is 18.9 Å². The predicted molar refractivity (Wildman–Crippen MR) is 170 cm³/mol. The Morgan fingerprint density at radius 3 is 1.29 bits per heavy atom. The summed E-state index contributed by atoms with van der Waals surface area (Å²) in [6, 6.07) is 35.9. The molecule has 0 bridgehead atoms. The zero-order valence-corrected chi connectivity index (χ0v) is 25.1. The third-order valence-corrected chi connectivity index (χ3v) is 7.86. The molecule has 228 valence electrons. The zero-order chi connectivity index (χ0) is 31.2. The lowest BCUT2D eigenvalue weighted by Crippen LogP contribution is -2.34. The third-order valence-electron chi connectivity index (χ3n) is 7.86. The summed E-state index contributed by atoms with van der Waals surface area (Å²) in [5, 5.41) is 0. The number of esters is 2. The second-order valence-electron chi connectivity index (χ2n) is 11.5. The van der Waals surface area contributed by atoms with E-state index in [1.54, 1.807) is 48.5 Å². The predicted octanol–water partition coefficient (Wildman–Crippen LogP) is 6.80. The molecule has 0 radical (unpaired) electrons. The molecule has 6 rings (SSSR count). The van der Waals surface area contributed by atoms with Crippen LogP contribution in [0.3, 0.4) is 0 Å². The quantitative estimate of drug-likeness (QED) is 0.185. The first-order chi connectivity index (χ1) is 21.9. The van der Waals surface area contributed by atoms with Gasteiger partial charge in [-0.3, -0.25) is 0 Å². The summed E-state index contributed by atoms with van der Waals surface area (Å²) in [7, 11) is 0. The fourth-order valence-electron chi connectivity index (χ4n) is 5.40. The van der Waals surface area contributed by atoms with Gasteiger partial charge in [0.15, 0.2) is 24.0 Å². The SMILES string of the molecule is CC(C)(C1=N[C@H]([C@@H](OC(=O)c2ccccc2)c2ccccc2)CO1)C1=N[C@H]([C@@H](OC(=O)c2ccccc2)c2ccccc2)CO1. The van der Waals surface area contributed by atoms with Gasteiger partial charge in [0.2, 0.25) is 0 Å². The van der Waals surface area contributed by atoms with Crippen LogP contribution in [0.1, 0.15) is 57.9 Å². The van der Waals surface area contributed by atoms with Gasteiger partial charge >= 0.3 is 11.9 Å². The molecular weight excluding hydrogens is 568 g/mol. The molecule has 4 atom stereocenters. The van der Waals surface area contributed by atoms with E-state index >= 15 is 0 Å². The molecular formula is C37H34N2O6. The fourth-order valence-corrected chi connectivity index (χ4v) is 5.40. The molecule has 0 fully saturated rings. The largest absolute Gasteiger partial charge is 0.478 e. The van der Waals surface area contributed by atoms with E-state index in [1.807, 2.05) is 86.6 Å². The van der Waals surface area contributed by atoms with Crippen LogP contribution in [0.5, 0.6) is 0 Å². The first-order valence-electron chi connectivity index (χ1n) is 14.9. The number of rotatable bonds is 10. The lowest BCUT2D eigenvalue weighted by atomic mass is 9.92. The highest BCUT2D eigenvalue weighted by molar-refractivity contribution is 6.05. The molecule has 4 aromatic rings. The van der Waals surface area contributed by atoms with E-state index in [0.29, 0.717) is 22.9 Å². The Labute approximate surface area is 262 Å². The minimum Gasteiger partial charge on any atom is -0.478 e. The molecule has 0 spiro atoms. The van der Waals surface area contributed by atoms with E-state index < -0.39 is 41.6 Å². The fraction of sp³-hybridized carbons (Fsp3) is 0.243. The molecule has 0 amide bonds. The standard InChI is InChI=1S/C37H34N2O6/c1-37(2,35-38-29(23-42-35)31(25-15-7-3-8-16-25)44-33(40)27-19-11-5-12-20-27)36-39-30(24-43-36)32(26-17-9-4-10-18-26)45-34(41)28-21-13-6-14-22-28/h3-22,29-32H,23-24H2,1-2H3/t29-,30-,31-,32-/m0/s1. The smallest absolute Gasteiger partial charge is 0.338 e. The van der Waals surface area contributed by atoms with Crippen LogP contribution in [0.15, 0.2) is 131 Å². The topological polar surface area (TPSA) is 95.8 Å². The van der Waals surface area contributed by atoms with Gasteiger partial charge in [-0.1, -0.05) is 97.1 Å². The molecule has 0 saturated heterocycles. The molecule has 8 heteroatoms. The zero-order valence-electron chi connectivity index (χ0n) is 25.1. The number of nitrogens with zero attached hydrogens (tertiary/aromatic N) is 2. The number of aliphatic imine (C=N–C) groups is 2. The highest BCUT2D eigenvalue weighted by Crippen LogP contribution is 2.36. The number of hydrogen-bond donors (Lipinski definition) is 0. The number of benzene rings is 4. The van der Waals surface area contributed by atoms with Crippen LogP contribution in [0, 0.1) is 5.41 Å². The molecule has 0 unspecified atom stereocenters. The second-order valence-corrected chi connectivity index (χ2v) is 11.5. The van der Waals surface area contributed by atoms with E-state index in [-0.39, 0.29) is 13.2 Å². The summed E-state index contributed by atoms with van der Waals surface area (Å²) in [4.78, 5) is 36.0. The Morgan fingerprint density at radius 2 is 0.933 bits per heavy atom. The van der Waals surface area contributed by atoms with Crippen LogP contribution >= 0.6 is 0 Å². The Bertz CT molecular complexity index is 1550. The maximum Gasteiger partial charge on any atom is 0.338 e. The Morgan fingerprint density at radius 1 is 0.600 bits per heavy atom. The number of ether oxygens (including phenoxy) is 4. The lowest BCUT2D eigenvalue weighted by molar-refractivity contribution is 0.0204. The first-order valence-corrected chi connectivity index (χ1v) is 14.9. The van der Waals surface area contributed by atoms with Gasteiger partial charge in [0, 0.05) is 0 Å². The van der Waals surface area contributed by atoms with Gasteiger partial charge in [0.05, 0.1) is 11.1 Å². The second kappa shape index (κ2) is 13.2. The van der Waals surface area contributed by atoms with Crippen LogP contribution in [-0.2, 0) is 18.9 Å². The van der Waals surface area contributed by atoms with Crippen molar-refractivity contribution >= 4 is 23.7 Å². The Hall–Kier alpha value is -5.24. The van der Waals surface area contributed by atoms with Crippen molar-refractivity contribution in [1.29, 1.82) is 0 Å². The van der Waals surface area contributed by atoms with Gasteiger partial charge in [-0.25, -0.2) is 19.6 Å². The van der Waals surface area contributed by atoms with Crippen molar-refractivity contribution in [3.05, 3.63) is 144 Å². The first kappa shape index (κ1) is 29.8. The van der Waals surface area contributed by atoms with Crippen LogP contribution in [-0.4, -0.2) is 49.0 Å². The number of carbonyl (C=O) groups excluding carboxylic acids is 2. The maximum atomic E-state index is 13.1. The van der Waals surface area contributed by atoms with E-state index in [0.717, 1.165) is 11.1 Å². The van der Waals surface area contributed by atoms with Gasteiger partial charge in [-0.05, 0) is 49.2 Å². The maximum absolute atomic E-state index is 13.1. The summed E-state index contributed by atoms with van der Waals surface area (Å²) in [5.41, 5.74) is 1.72. The molecule has 2 aliphatic rings. The van der Waals surface area contributed by atoms with Crippen molar-refractivity contribution in [3.63, 3.8) is 0 Å². The molecule has 0 saturated carbocycles. The van der Waals surface area contributed by atoms with Crippen molar-refractivity contribution in [1.82, 2.24) is 0 Å². The average molecular weight is 603 g/mol. The highest BCUT2D eigenvalue weighted by Gasteiger charge is 2.45. The minimum atomic E-state index is -0.834. The van der Waals surface area contributed by atoms with Crippen molar-refractivity contribution < 1.29 is 28.5 Å². The molecule has 0 aromatic heterocycles. The summed E-state index contributed by atoms with van der Waals surface area (Å²) in [6.45, 7) is 4.30. The number of hydrogen-bond acceptors (Lipinski definition) is 8. The summed E-state index contributed by atoms with van der Waals surface area (Å²) < 4.78 is 24.4. The van der Waals surface area contributed by atoms with Crippen LogP contribution in [0.2, 0.25) is 0 Å². The summed E-state index contributed by atoms with van der Waals surface area (Å²) in [6.07, 6.45) is -1.32. The monoisotopic (exact) mass is 602 g/mol. The van der Waals surface area contributed by atoms with E-state index in [4.69, 9.17) is 28.9 Å². The summed E-state index contributed by atoms with van der Waals surface area (Å²) in [5.74, 6) is -0.00585. The van der Waals surface area contributed by atoms with Gasteiger partial charge in [0.1, 0.15) is 30.7 Å². The van der Waals surface area contributed by atoms with Crippen molar-refractivity contribution in [3.8, 4) is 0 Å². The van der Waals surface area contributed by atoms with Gasteiger partial charge in [-0.15, -0.1) is 0 Å². The van der Waals surface area contributed by atoms with Crippen LogP contribution in [0.4, 0.5) is 0 Å². The molecule has 45 heavy (non-hydrogen) atoms. The van der Waals surface area contributed by atoms with Crippen LogP contribution in [0.25, 0.3) is 0 Å². The minimum absolute atomic E-state index is 0.221. The molecule has 2 heterocycles. The highest BCUT2D eigenvalue weighted by atomic mass is 16.6. The van der Waals surface area contributed by atoms with Crippen molar-refractivity contribution in [2.24, 2.45) is 15.4 Å². The van der Waals surface area contributed by atoms with E-state index in [9.17, 15) is 9.59 Å². The number of carbonyl (C=O) groups is 2. The molecule has 2 aliphatic heterocycles. The third kappa shape index (κ3) is 6.65. The average Bonchev–Trinajstić information content (AvgIpc) is 3.80. The van der Waals surface area contributed by atoms with Crippen molar-refractivity contribution in [2.75, 3.05) is 13.2 Å². The van der Waals surface area contributed by atoms with Gasteiger partial charge in [0.25, 0.3) is 0 Å². The summed E-state index contributed by atoms with van der Waals surface area (Å²) >= 11 is 0. The molecule has 0 aliphatic carbocycles. The molecule has 4 aromatic carbocycles. The van der Waals surface area contributed by atoms with Crippen LogP contribution < -0.4 is 0 Å². The Balaban J connectivity index is 1.24. The Kier molecular flexibility index (Phi) is 8.73. The lowest BCUT2D eigenvalue weighted by Gasteiger charge is -2.22. The van der Waals surface area contributed by atoms with E-state index in [2.05, 4.69) is 0 Å². The van der Waals surface area contributed by atoms with Crippen molar-refractivity contribution in [2.45, 2.75) is 38.1 Å².